The van der Waals surface area contributed by atoms with Gasteiger partial charge in [-0.3, -0.25) is 4.79 Å². The van der Waals surface area contributed by atoms with Crippen LogP contribution in [0.2, 0.25) is 0 Å². The Labute approximate surface area is 131 Å². The molecular weight excluding hydrogens is 312 g/mol. The van der Waals surface area contributed by atoms with Crippen molar-refractivity contribution in [1.29, 1.82) is 0 Å². The molecule has 0 saturated carbocycles. The Balaban J connectivity index is 2.76. The van der Waals surface area contributed by atoms with Crippen LogP contribution in [0.4, 0.5) is 5.69 Å². The highest BCUT2D eigenvalue weighted by atomic mass is 35.5. The molecule has 0 bridgehead atoms. The molecule has 0 aliphatic rings. The van der Waals surface area contributed by atoms with Crippen LogP contribution in [0.3, 0.4) is 0 Å². The third-order valence-electron chi connectivity index (χ3n) is 3.00. The lowest BCUT2D eigenvalue weighted by atomic mass is 9.91. The molecule has 1 amide bonds. The van der Waals surface area contributed by atoms with E-state index in [4.69, 9.17) is 11.6 Å². The molecule has 5 nitrogen and oxygen atoms in total. The van der Waals surface area contributed by atoms with E-state index in [0.717, 1.165) is 6.42 Å². The van der Waals surface area contributed by atoms with Gasteiger partial charge in [-0.2, -0.15) is 0 Å². The molecule has 0 aromatic heterocycles. The van der Waals surface area contributed by atoms with Crippen LogP contribution in [0.25, 0.3) is 0 Å². The molecule has 7 heteroatoms. The van der Waals surface area contributed by atoms with Gasteiger partial charge in [0.2, 0.25) is 15.9 Å². The van der Waals surface area contributed by atoms with Gasteiger partial charge in [-0.25, -0.2) is 13.1 Å². The molecule has 0 spiro atoms. The summed E-state index contributed by atoms with van der Waals surface area (Å²) in [6, 6.07) is 6.03. The summed E-state index contributed by atoms with van der Waals surface area (Å²) in [6.45, 7) is 5.62. The molecule has 0 aliphatic heterocycles. The first-order chi connectivity index (χ1) is 9.66. The average molecular weight is 333 g/mol. The minimum atomic E-state index is -3.56. The Morgan fingerprint density at radius 3 is 2.29 bits per heavy atom. The van der Waals surface area contributed by atoms with Crippen molar-refractivity contribution in [3.63, 3.8) is 0 Å². The Morgan fingerprint density at radius 2 is 1.81 bits per heavy atom. The second-order valence-corrected chi connectivity index (χ2v) is 7.78. The summed E-state index contributed by atoms with van der Waals surface area (Å²) in [5.41, 5.74) is 0.356. The van der Waals surface area contributed by atoms with Crippen LogP contribution in [0.5, 0.6) is 0 Å². The Morgan fingerprint density at radius 1 is 1.24 bits per heavy atom. The SMILES string of the molecule is CC(=O)Nc1ccc(S(=O)(=O)NCC(C)(C)CCCl)cc1. The van der Waals surface area contributed by atoms with Gasteiger partial charge in [0.25, 0.3) is 0 Å². The number of anilines is 1. The molecule has 21 heavy (non-hydrogen) atoms. The number of carbonyl (C=O) groups is 1. The lowest BCUT2D eigenvalue weighted by Crippen LogP contribution is -2.34. The summed E-state index contributed by atoms with van der Waals surface area (Å²) < 4.78 is 27.0. The molecule has 0 fully saturated rings. The molecule has 2 N–H and O–H groups in total. The largest absolute Gasteiger partial charge is 0.326 e. The maximum absolute atomic E-state index is 12.2. The van der Waals surface area contributed by atoms with Crippen molar-refractivity contribution in [3.05, 3.63) is 24.3 Å². The summed E-state index contributed by atoms with van der Waals surface area (Å²) in [5.74, 6) is 0.284. The van der Waals surface area contributed by atoms with E-state index in [9.17, 15) is 13.2 Å². The van der Waals surface area contributed by atoms with Crippen LogP contribution < -0.4 is 10.0 Å². The third-order valence-corrected chi connectivity index (χ3v) is 4.60. The number of halogens is 1. The van der Waals surface area contributed by atoms with E-state index in [1.54, 1.807) is 12.1 Å². The van der Waals surface area contributed by atoms with Gasteiger partial charge in [0, 0.05) is 25.0 Å². The molecule has 1 rings (SSSR count). The number of rotatable bonds is 7. The van der Waals surface area contributed by atoms with Crippen LogP contribution in [0, 0.1) is 5.41 Å². The van der Waals surface area contributed by atoms with E-state index < -0.39 is 10.0 Å². The van der Waals surface area contributed by atoms with Gasteiger partial charge < -0.3 is 5.32 Å². The van der Waals surface area contributed by atoms with Crippen molar-refractivity contribution in [2.75, 3.05) is 17.7 Å². The lowest BCUT2D eigenvalue weighted by molar-refractivity contribution is -0.114. The van der Waals surface area contributed by atoms with Crippen LogP contribution >= 0.6 is 11.6 Å². The Bertz CT molecular complexity index is 583. The van der Waals surface area contributed by atoms with Crippen molar-refractivity contribution in [3.8, 4) is 0 Å². The minimum absolute atomic E-state index is 0.165. The van der Waals surface area contributed by atoms with Crippen molar-refractivity contribution in [2.24, 2.45) is 5.41 Å². The molecule has 0 atom stereocenters. The van der Waals surface area contributed by atoms with E-state index in [-0.39, 0.29) is 16.2 Å². The van der Waals surface area contributed by atoms with E-state index in [1.807, 2.05) is 13.8 Å². The summed E-state index contributed by atoms with van der Waals surface area (Å²) in [4.78, 5) is 11.1. The van der Waals surface area contributed by atoms with E-state index >= 15 is 0 Å². The highest BCUT2D eigenvalue weighted by Crippen LogP contribution is 2.21. The monoisotopic (exact) mass is 332 g/mol. The van der Waals surface area contributed by atoms with Gasteiger partial charge in [-0.15, -0.1) is 11.6 Å². The van der Waals surface area contributed by atoms with Gasteiger partial charge in [0.05, 0.1) is 4.90 Å². The van der Waals surface area contributed by atoms with Gasteiger partial charge in [-0.1, -0.05) is 13.8 Å². The number of sulfonamides is 1. The fourth-order valence-electron chi connectivity index (χ4n) is 1.64. The fraction of sp³-hybridized carbons (Fsp3) is 0.500. The zero-order valence-electron chi connectivity index (χ0n) is 12.4. The number of hydrogen-bond donors (Lipinski definition) is 2. The van der Waals surface area contributed by atoms with Crippen LogP contribution in [-0.2, 0) is 14.8 Å². The maximum atomic E-state index is 12.2. The molecule has 1 aromatic rings. The highest BCUT2D eigenvalue weighted by molar-refractivity contribution is 7.89. The number of hydrogen-bond acceptors (Lipinski definition) is 3. The second kappa shape index (κ2) is 7.24. The summed E-state index contributed by atoms with van der Waals surface area (Å²) >= 11 is 5.70. The molecule has 0 saturated heterocycles. The lowest BCUT2D eigenvalue weighted by Gasteiger charge is -2.23. The molecule has 0 aliphatic carbocycles. The average Bonchev–Trinajstić information content (AvgIpc) is 2.37. The number of amides is 1. The predicted octanol–water partition coefficient (Wildman–Crippen LogP) is 2.58. The molecule has 1 aromatic carbocycles. The van der Waals surface area contributed by atoms with E-state index in [2.05, 4.69) is 10.0 Å². The first-order valence-corrected chi connectivity index (χ1v) is 8.61. The fourth-order valence-corrected chi connectivity index (χ4v) is 3.39. The summed E-state index contributed by atoms with van der Waals surface area (Å²) in [7, 11) is -3.56. The quantitative estimate of drug-likeness (QED) is 0.753. The molecule has 118 valence electrons. The molecule has 0 heterocycles. The normalized spacial score (nSPS) is 12.2. The first kappa shape index (κ1) is 17.9. The zero-order chi connectivity index (χ0) is 16.1. The first-order valence-electron chi connectivity index (χ1n) is 6.59. The van der Waals surface area contributed by atoms with E-state index in [1.165, 1.54) is 19.1 Å². The third kappa shape index (κ3) is 6.03. The van der Waals surface area contributed by atoms with Gasteiger partial charge in [0.1, 0.15) is 0 Å². The van der Waals surface area contributed by atoms with Crippen LogP contribution in [0.15, 0.2) is 29.2 Å². The zero-order valence-corrected chi connectivity index (χ0v) is 14.0. The number of nitrogens with one attached hydrogen (secondary N) is 2. The van der Waals surface area contributed by atoms with Crippen molar-refractivity contribution < 1.29 is 13.2 Å². The van der Waals surface area contributed by atoms with E-state index in [0.29, 0.717) is 18.1 Å². The smallest absolute Gasteiger partial charge is 0.240 e. The van der Waals surface area contributed by atoms with Crippen molar-refractivity contribution in [2.45, 2.75) is 32.1 Å². The number of carbonyl (C=O) groups excluding carboxylic acids is 1. The molecule has 0 unspecified atom stereocenters. The van der Waals surface area contributed by atoms with Crippen LogP contribution in [0.1, 0.15) is 27.2 Å². The van der Waals surface area contributed by atoms with Gasteiger partial charge in [0.15, 0.2) is 0 Å². The predicted molar refractivity (Wildman–Crippen MR) is 85.1 cm³/mol. The number of benzene rings is 1. The summed E-state index contributed by atoms with van der Waals surface area (Å²) in [6.07, 6.45) is 0.721. The Hall–Kier alpha value is -1.11. The number of alkyl halides is 1. The second-order valence-electron chi connectivity index (χ2n) is 5.63. The van der Waals surface area contributed by atoms with Gasteiger partial charge in [-0.05, 0) is 36.1 Å². The molecular formula is C14H21ClN2O3S. The van der Waals surface area contributed by atoms with Crippen molar-refractivity contribution in [1.82, 2.24) is 4.72 Å². The Kier molecular flexibility index (Phi) is 6.19. The highest BCUT2D eigenvalue weighted by Gasteiger charge is 2.21. The maximum Gasteiger partial charge on any atom is 0.240 e. The standard InChI is InChI=1S/C14H21ClN2O3S/c1-11(18)17-12-4-6-13(7-5-12)21(19,20)16-10-14(2,3)8-9-15/h4-7,16H,8-10H2,1-3H3,(H,17,18). The van der Waals surface area contributed by atoms with Crippen molar-refractivity contribution >= 4 is 33.2 Å². The van der Waals surface area contributed by atoms with Gasteiger partial charge >= 0.3 is 0 Å². The topological polar surface area (TPSA) is 75.3 Å². The minimum Gasteiger partial charge on any atom is -0.326 e. The summed E-state index contributed by atoms with van der Waals surface area (Å²) in [5, 5.41) is 2.59. The van der Waals surface area contributed by atoms with Crippen LogP contribution in [-0.4, -0.2) is 26.7 Å². The molecule has 0 radical (unpaired) electrons.